The third-order valence-electron chi connectivity index (χ3n) is 3.85. The lowest BCUT2D eigenvalue weighted by atomic mass is 10.1. The van der Waals surface area contributed by atoms with Gasteiger partial charge in [-0.3, -0.25) is 9.48 Å². The zero-order valence-electron chi connectivity index (χ0n) is 14.3. The van der Waals surface area contributed by atoms with Gasteiger partial charge in [0.25, 0.3) is 5.91 Å². The molecule has 2 aromatic carbocycles. The number of nitrogens with zero attached hydrogens (tertiary/aromatic N) is 2. The lowest BCUT2D eigenvalue weighted by Gasteiger charge is -2.07. The molecule has 0 spiro atoms. The van der Waals surface area contributed by atoms with Gasteiger partial charge in [0.2, 0.25) is 0 Å². The van der Waals surface area contributed by atoms with E-state index in [9.17, 15) is 9.18 Å². The van der Waals surface area contributed by atoms with Crippen molar-refractivity contribution in [3.05, 3.63) is 65.1 Å². The minimum Gasteiger partial charge on any atom is -0.497 e. The summed E-state index contributed by atoms with van der Waals surface area (Å²) < 4.78 is 21.0. The van der Waals surface area contributed by atoms with E-state index in [0.29, 0.717) is 34.3 Å². The molecule has 0 atom stereocenters. The van der Waals surface area contributed by atoms with Gasteiger partial charge in [-0.25, -0.2) is 4.39 Å². The van der Waals surface area contributed by atoms with E-state index in [1.165, 1.54) is 13.2 Å². The van der Waals surface area contributed by atoms with Gasteiger partial charge in [-0.2, -0.15) is 5.10 Å². The summed E-state index contributed by atoms with van der Waals surface area (Å²) in [6.45, 7) is 2.36. The van der Waals surface area contributed by atoms with E-state index >= 15 is 0 Å². The standard InChI is InChI=1S/C19H17ClFN3O2/c1-3-24-18(15-8-7-14(26-2)10-16(15)21)11-17(23-24)19(25)22-13-6-4-5-12(20)9-13/h4-11H,3H2,1-2H3,(H,22,25). The van der Waals surface area contributed by atoms with Crippen molar-refractivity contribution in [2.45, 2.75) is 13.5 Å². The van der Waals surface area contributed by atoms with Crippen LogP contribution in [0.25, 0.3) is 11.3 Å². The molecular weight excluding hydrogens is 357 g/mol. The van der Waals surface area contributed by atoms with E-state index < -0.39 is 11.7 Å². The van der Waals surface area contributed by atoms with Crippen LogP contribution in [-0.4, -0.2) is 22.8 Å². The molecule has 3 rings (SSSR count). The number of hydrogen-bond donors (Lipinski definition) is 1. The number of aryl methyl sites for hydroxylation is 1. The van der Waals surface area contributed by atoms with Crippen molar-refractivity contribution in [1.82, 2.24) is 9.78 Å². The maximum Gasteiger partial charge on any atom is 0.276 e. The molecule has 1 N–H and O–H groups in total. The zero-order chi connectivity index (χ0) is 18.7. The van der Waals surface area contributed by atoms with E-state index in [1.54, 1.807) is 47.1 Å². The second-order valence-corrected chi connectivity index (χ2v) is 5.98. The summed E-state index contributed by atoms with van der Waals surface area (Å²) in [4.78, 5) is 12.5. The monoisotopic (exact) mass is 373 g/mol. The van der Waals surface area contributed by atoms with Crippen LogP contribution in [0, 0.1) is 5.82 Å². The molecule has 134 valence electrons. The second kappa shape index (κ2) is 7.58. The lowest BCUT2D eigenvalue weighted by Crippen LogP contribution is -2.13. The van der Waals surface area contributed by atoms with Gasteiger partial charge in [-0.15, -0.1) is 0 Å². The zero-order valence-corrected chi connectivity index (χ0v) is 15.0. The van der Waals surface area contributed by atoms with Crippen LogP contribution in [0.1, 0.15) is 17.4 Å². The van der Waals surface area contributed by atoms with Gasteiger partial charge in [0.05, 0.1) is 12.8 Å². The Labute approximate surface area is 155 Å². The molecule has 0 radical (unpaired) electrons. The van der Waals surface area contributed by atoms with E-state index in [0.717, 1.165) is 0 Å². The van der Waals surface area contributed by atoms with Gasteiger partial charge in [0.15, 0.2) is 5.69 Å². The molecule has 3 aromatic rings. The van der Waals surface area contributed by atoms with E-state index in [4.69, 9.17) is 16.3 Å². The van der Waals surface area contributed by atoms with Crippen LogP contribution in [0.5, 0.6) is 5.75 Å². The molecule has 0 aliphatic carbocycles. The van der Waals surface area contributed by atoms with E-state index in [2.05, 4.69) is 10.4 Å². The van der Waals surface area contributed by atoms with Crippen molar-refractivity contribution in [2.75, 3.05) is 12.4 Å². The molecular formula is C19H17ClFN3O2. The minimum absolute atomic E-state index is 0.192. The van der Waals surface area contributed by atoms with Crippen molar-refractivity contribution in [2.24, 2.45) is 0 Å². The molecule has 26 heavy (non-hydrogen) atoms. The maximum atomic E-state index is 14.4. The van der Waals surface area contributed by atoms with Crippen LogP contribution in [0.3, 0.4) is 0 Å². The second-order valence-electron chi connectivity index (χ2n) is 5.54. The molecule has 0 unspecified atom stereocenters. The average Bonchev–Trinajstić information content (AvgIpc) is 3.06. The molecule has 0 saturated heterocycles. The van der Waals surface area contributed by atoms with E-state index in [-0.39, 0.29) is 5.69 Å². The highest BCUT2D eigenvalue weighted by Gasteiger charge is 2.18. The Kier molecular flexibility index (Phi) is 5.23. The number of nitrogens with one attached hydrogen (secondary N) is 1. The lowest BCUT2D eigenvalue weighted by molar-refractivity contribution is 0.102. The highest BCUT2D eigenvalue weighted by molar-refractivity contribution is 6.30. The van der Waals surface area contributed by atoms with Crippen LogP contribution >= 0.6 is 11.6 Å². The molecule has 1 amide bonds. The van der Waals surface area contributed by atoms with Crippen molar-refractivity contribution >= 4 is 23.2 Å². The molecule has 1 heterocycles. The molecule has 1 aromatic heterocycles. The third kappa shape index (κ3) is 3.70. The summed E-state index contributed by atoms with van der Waals surface area (Å²) in [5.41, 5.74) is 1.62. The summed E-state index contributed by atoms with van der Waals surface area (Å²) in [6.07, 6.45) is 0. The van der Waals surface area contributed by atoms with Gasteiger partial charge in [-0.1, -0.05) is 17.7 Å². The van der Waals surface area contributed by atoms with Gasteiger partial charge >= 0.3 is 0 Å². The van der Waals surface area contributed by atoms with Crippen LogP contribution < -0.4 is 10.1 Å². The number of carbonyl (C=O) groups is 1. The van der Waals surface area contributed by atoms with Crippen molar-refractivity contribution in [1.29, 1.82) is 0 Å². The number of hydrogen-bond acceptors (Lipinski definition) is 3. The largest absolute Gasteiger partial charge is 0.497 e. The first-order valence-corrected chi connectivity index (χ1v) is 8.38. The number of aromatic nitrogens is 2. The van der Waals surface area contributed by atoms with Crippen molar-refractivity contribution < 1.29 is 13.9 Å². The highest BCUT2D eigenvalue weighted by Crippen LogP contribution is 2.27. The number of ether oxygens (including phenoxy) is 1. The number of anilines is 1. The molecule has 0 aliphatic rings. The predicted molar refractivity (Wildman–Crippen MR) is 99.3 cm³/mol. The van der Waals surface area contributed by atoms with Crippen LogP contribution in [0.4, 0.5) is 10.1 Å². The topological polar surface area (TPSA) is 56.2 Å². The first-order valence-electron chi connectivity index (χ1n) is 8.00. The Morgan fingerprint density at radius 1 is 1.27 bits per heavy atom. The fourth-order valence-electron chi connectivity index (χ4n) is 2.58. The Bertz CT molecular complexity index is 956. The summed E-state index contributed by atoms with van der Waals surface area (Å²) >= 11 is 5.93. The Hall–Kier alpha value is -2.86. The van der Waals surface area contributed by atoms with Crippen LogP contribution in [0.2, 0.25) is 5.02 Å². The van der Waals surface area contributed by atoms with Gasteiger partial charge in [0.1, 0.15) is 11.6 Å². The smallest absolute Gasteiger partial charge is 0.276 e. The Morgan fingerprint density at radius 3 is 2.73 bits per heavy atom. The molecule has 0 saturated carbocycles. The molecule has 0 bridgehead atoms. The number of halogens is 2. The van der Waals surface area contributed by atoms with Crippen molar-refractivity contribution in [3.8, 4) is 17.0 Å². The first kappa shape index (κ1) is 17.9. The maximum absolute atomic E-state index is 14.4. The SMILES string of the molecule is CCn1nc(C(=O)Nc2cccc(Cl)c2)cc1-c1ccc(OC)cc1F. The number of carbonyl (C=O) groups excluding carboxylic acids is 1. The third-order valence-corrected chi connectivity index (χ3v) is 4.08. The summed E-state index contributed by atoms with van der Waals surface area (Å²) in [5.74, 6) is -0.414. The summed E-state index contributed by atoms with van der Waals surface area (Å²) in [5, 5.41) is 7.53. The Balaban J connectivity index is 1.92. The number of methoxy groups -OCH3 is 1. The minimum atomic E-state index is -0.444. The fourth-order valence-corrected chi connectivity index (χ4v) is 2.77. The molecule has 0 fully saturated rings. The van der Waals surface area contributed by atoms with Crippen molar-refractivity contribution in [3.63, 3.8) is 0 Å². The van der Waals surface area contributed by atoms with Crippen LogP contribution in [0.15, 0.2) is 48.5 Å². The summed E-state index contributed by atoms with van der Waals surface area (Å²) in [7, 11) is 1.48. The molecule has 7 heteroatoms. The van der Waals surface area contributed by atoms with Gasteiger partial charge < -0.3 is 10.1 Å². The predicted octanol–water partition coefficient (Wildman–Crippen LogP) is 4.62. The normalized spacial score (nSPS) is 10.6. The average molecular weight is 374 g/mol. The number of benzene rings is 2. The van der Waals surface area contributed by atoms with Crippen LogP contribution in [-0.2, 0) is 6.54 Å². The van der Waals surface area contributed by atoms with Gasteiger partial charge in [-0.05, 0) is 43.3 Å². The number of rotatable bonds is 5. The fraction of sp³-hybridized carbons (Fsp3) is 0.158. The van der Waals surface area contributed by atoms with E-state index in [1.807, 2.05) is 6.92 Å². The highest BCUT2D eigenvalue weighted by atomic mass is 35.5. The Morgan fingerprint density at radius 2 is 2.08 bits per heavy atom. The molecule has 0 aliphatic heterocycles. The first-order chi connectivity index (χ1) is 12.5. The quantitative estimate of drug-likeness (QED) is 0.709. The molecule has 5 nitrogen and oxygen atoms in total. The summed E-state index contributed by atoms with van der Waals surface area (Å²) in [6, 6.07) is 13.0. The van der Waals surface area contributed by atoms with Gasteiger partial charge in [0, 0.05) is 28.9 Å². The number of amides is 1.